The number of hydrogen-bond donors (Lipinski definition) is 0. The molecular weight excluding hydrogens is 424 g/mol. The number of methoxy groups -OCH3 is 1. The Bertz CT molecular complexity index is 943. The van der Waals surface area contributed by atoms with Crippen molar-refractivity contribution in [2.45, 2.75) is 58.3 Å². The van der Waals surface area contributed by atoms with Gasteiger partial charge in [-0.25, -0.2) is 9.79 Å². The van der Waals surface area contributed by atoms with Gasteiger partial charge in [-0.2, -0.15) is 5.26 Å². The van der Waals surface area contributed by atoms with Crippen molar-refractivity contribution in [2.75, 3.05) is 26.7 Å². The van der Waals surface area contributed by atoms with Gasteiger partial charge in [-0.15, -0.1) is 0 Å². The molecule has 0 unspecified atom stereocenters. The summed E-state index contributed by atoms with van der Waals surface area (Å²) in [5.41, 5.74) is 2.06. The molecule has 182 valence electrons. The molecule has 0 aromatic heterocycles. The lowest BCUT2D eigenvalue weighted by molar-refractivity contribution is 0.132. The molecule has 1 aromatic rings. The highest BCUT2D eigenvalue weighted by Gasteiger charge is 2.31. The molecule has 1 aliphatic carbocycles. The van der Waals surface area contributed by atoms with Gasteiger partial charge in [-0.05, 0) is 62.3 Å². The topological polar surface area (TPSA) is 68.9 Å². The molecule has 1 aliphatic heterocycles. The van der Waals surface area contributed by atoms with Crippen LogP contribution in [0.25, 0.3) is 0 Å². The molecule has 2 fully saturated rings. The van der Waals surface area contributed by atoms with E-state index >= 15 is 0 Å². The van der Waals surface area contributed by atoms with Gasteiger partial charge < -0.3 is 9.64 Å². The average Bonchev–Trinajstić information content (AvgIpc) is 2.83. The van der Waals surface area contributed by atoms with Crippen molar-refractivity contribution >= 4 is 12.2 Å². The second-order valence-electron chi connectivity index (χ2n) is 9.56. The third-order valence-electron chi connectivity index (χ3n) is 7.30. The van der Waals surface area contributed by atoms with Crippen molar-refractivity contribution in [3.63, 3.8) is 0 Å². The molecule has 1 aromatic carbocycles. The van der Waals surface area contributed by atoms with Crippen LogP contribution in [-0.4, -0.2) is 48.8 Å². The van der Waals surface area contributed by atoms with Gasteiger partial charge in [0.25, 0.3) is 0 Å². The maximum atomic E-state index is 13.9. The van der Waals surface area contributed by atoms with Crippen molar-refractivity contribution in [1.82, 2.24) is 9.80 Å². The summed E-state index contributed by atoms with van der Waals surface area (Å²) < 4.78 is 5.53. The van der Waals surface area contributed by atoms with Gasteiger partial charge in [0.05, 0.1) is 13.3 Å². The number of carbonyl (C=O) groups is 1. The van der Waals surface area contributed by atoms with E-state index in [4.69, 9.17) is 10.00 Å². The SMILES string of the molecule is C=C(C#N)/N=C\C(=C(/C)OC)N1CCC[C@H](c2ccccc2)[C@H](C)CCN(CC2CCC2)C1=O. The smallest absolute Gasteiger partial charge is 0.324 e. The molecule has 1 heterocycles. The molecule has 6 heteroatoms. The highest BCUT2D eigenvalue weighted by Crippen LogP contribution is 2.34. The fraction of sp³-hybridized carbons (Fsp3) is 0.536. The molecule has 0 spiro atoms. The number of rotatable bonds is 7. The molecule has 2 atom stereocenters. The summed E-state index contributed by atoms with van der Waals surface area (Å²) >= 11 is 0. The molecule has 1 saturated carbocycles. The molecule has 0 radical (unpaired) electrons. The monoisotopic (exact) mass is 462 g/mol. The van der Waals surface area contributed by atoms with E-state index in [1.807, 2.05) is 17.9 Å². The number of ether oxygens (including phenoxy) is 1. The Kier molecular flexibility index (Phi) is 9.33. The maximum absolute atomic E-state index is 13.9. The predicted octanol–water partition coefficient (Wildman–Crippen LogP) is 6.10. The molecule has 0 bridgehead atoms. The van der Waals surface area contributed by atoms with E-state index < -0.39 is 0 Å². The highest BCUT2D eigenvalue weighted by atomic mass is 16.5. The summed E-state index contributed by atoms with van der Waals surface area (Å²) in [5.74, 6) is 2.11. The van der Waals surface area contributed by atoms with Crippen molar-refractivity contribution < 1.29 is 9.53 Å². The Hall–Kier alpha value is -3.07. The molecule has 6 nitrogen and oxygen atoms in total. The molecule has 3 rings (SSSR count). The van der Waals surface area contributed by atoms with Gasteiger partial charge in [0, 0.05) is 19.6 Å². The first-order valence-electron chi connectivity index (χ1n) is 12.4. The minimum atomic E-state index is -0.00215. The quantitative estimate of drug-likeness (QED) is 0.279. The van der Waals surface area contributed by atoms with Gasteiger partial charge in [-0.3, -0.25) is 4.90 Å². The van der Waals surface area contributed by atoms with Crippen LogP contribution in [0.1, 0.15) is 63.9 Å². The second-order valence-corrected chi connectivity index (χ2v) is 9.56. The summed E-state index contributed by atoms with van der Waals surface area (Å²) in [6, 6.07) is 12.7. The number of benzene rings is 1. The van der Waals surface area contributed by atoms with Crippen LogP contribution in [0, 0.1) is 23.2 Å². The zero-order chi connectivity index (χ0) is 24.5. The number of urea groups is 1. The summed E-state index contributed by atoms with van der Waals surface area (Å²) in [4.78, 5) is 21.9. The van der Waals surface area contributed by atoms with Crippen molar-refractivity contribution in [3.8, 4) is 6.07 Å². The van der Waals surface area contributed by atoms with E-state index in [0.29, 0.717) is 35.8 Å². The molecule has 0 N–H and O–H groups in total. The molecule has 2 amide bonds. The Morgan fingerprint density at radius 3 is 2.56 bits per heavy atom. The number of hydrogen-bond acceptors (Lipinski definition) is 4. The van der Waals surface area contributed by atoms with Gasteiger partial charge >= 0.3 is 6.03 Å². The second kappa shape index (κ2) is 12.4. The van der Waals surface area contributed by atoms with Crippen LogP contribution in [0.15, 0.2) is 59.1 Å². The first kappa shape index (κ1) is 25.6. The van der Waals surface area contributed by atoms with Gasteiger partial charge in [0.1, 0.15) is 23.2 Å². The highest BCUT2D eigenvalue weighted by molar-refractivity contribution is 5.88. The lowest BCUT2D eigenvalue weighted by Gasteiger charge is -2.38. The summed E-state index contributed by atoms with van der Waals surface area (Å²) in [5, 5.41) is 9.09. The van der Waals surface area contributed by atoms with E-state index in [1.165, 1.54) is 24.8 Å². The molecule has 1 saturated heterocycles. The Morgan fingerprint density at radius 2 is 1.94 bits per heavy atom. The number of aliphatic imine (C=N–C) groups is 1. The summed E-state index contributed by atoms with van der Waals surface area (Å²) in [7, 11) is 1.59. The summed E-state index contributed by atoms with van der Waals surface area (Å²) in [6.07, 6.45) is 8.00. The van der Waals surface area contributed by atoms with E-state index in [1.54, 1.807) is 18.2 Å². The standard InChI is InChI=1S/C28H38N4O2/c1-21-15-17-31(20-24-10-8-11-24)28(33)32(27(23(3)34-4)19-30-22(2)18-29)16-9-14-26(21)25-12-6-5-7-13-25/h5-7,12-13,19,21,24,26H,2,8-11,14-17,20H2,1,3-4H3/b27-23-,30-19-/t21-,26+/m1/s1. The van der Waals surface area contributed by atoms with Crippen LogP contribution in [0.4, 0.5) is 4.79 Å². The predicted molar refractivity (Wildman–Crippen MR) is 136 cm³/mol. The first-order chi connectivity index (χ1) is 16.4. The number of allylic oxidation sites excluding steroid dienone is 3. The van der Waals surface area contributed by atoms with Crippen molar-refractivity contribution in [1.29, 1.82) is 5.26 Å². The fourth-order valence-electron chi connectivity index (χ4n) is 4.87. The minimum absolute atomic E-state index is 0.00215. The van der Waals surface area contributed by atoms with Gasteiger partial charge in [0.15, 0.2) is 0 Å². The Labute approximate surface area is 204 Å². The molecule has 2 aliphatic rings. The normalized spacial score (nSPS) is 23.2. The van der Waals surface area contributed by atoms with Crippen LogP contribution in [-0.2, 0) is 4.74 Å². The Balaban J connectivity index is 1.93. The van der Waals surface area contributed by atoms with Crippen molar-refractivity contribution in [3.05, 3.63) is 59.6 Å². The first-order valence-corrected chi connectivity index (χ1v) is 12.4. The summed E-state index contributed by atoms with van der Waals surface area (Å²) in [6.45, 7) is 9.89. The van der Waals surface area contributed by atoms with Gasteiger partial charge in [-0.1, -0.05) is 50.3 Å². The zero-order valence-corrected chi connectivity index (χ0v) is 20.9. The van der Waals surface area contributed by atoms with E-state index in [9.17, 15) is 4.79 Å². The third kappa shape index (κ3) is 6.50. The number of nitriles is 1. The lowest BCUT2D eigenvalue weighted by Crippen LogP contribution is -2.47. The van der Waals surface area contributed by atoms with Crippen LogP contribution >= 0.6 is 0 Å². The van der Waals surface area contributed by atoms with E-state index in [-0.39, 0.29) is 11.7 Å². The lowest BCUT2D eigenvalue weighted by atomic mass is 9.81. The fourth-order valence-corrected chi connectivity index (χ4v) is 4.87. The molecular formula is C28H38N4O2. The number of carbonyl (C=O) groups excluding carboxylic acids is 1. The van der Waals surface area contributed by atoms with Gasteiger partial charge in [0.2, 0.25) is 0 Å². The van der Waals surface area contributed by atoms with Crippen LogP contribution in [0.2, 0.25) is 0 Å². The van der Waals surface area contributed by atoms with Crippen LogP contribution < -0.4 is 0 Å². The van der Waals surface area contributed by atoms with E-state index in [0.717, 1.165) is 32.4 Å². The Morgan fingerprint density at radius 1 is 1.21 bits per heavy atom. The number of amides is 2. The number of nitrogens with zero attached hydrogens (tertiary/aromatic N) is 4. The van der Waals surface area contributed by atoms with Crippen molar-refractivity contribution in [2.24, 2.45) is 16.8 Å². The van der Waals surface area contributed by atoms with Crippen LogP contribution in [0.5, 0.6) is 0 Å². The maximum Gasteiger partial charge on any atom is 0.324 e. The largest absolute Gasteiger partial charge is 0.499 e. The zero-order valence-electron chi connectivity index (χ0n) is 20.9. The molecule has 34 heavy (non-hydrogen) atoms. The third-order valence-corrected chi connectivity index (χ3v) is 7.30. The minimum Gasteiger partial charge on any atom is -0.499 e. The average molecular weight is 463 g/mol. The van der Waals surface area contributed by atoms with Crippen LogP contribution in [0.3, 0.4) is 0 Å². The van der Waals surface area contributed by atoms with E-state index in [2.05, 4.69) is 48.8 Å².